The number of amides is 1. The number of aromatic nitrogens is 5. The van der Waals surface area contributed by atoms with E-state index in [2.05, 4.69) is 37.7 Å². The molecule has 7 nitrogen and oxygen atoms in total. The molecule has 0 spiro atoms. The number of hydrogen-bond acceptors (Lipinski definition) is 6. The van der Waals surface area contributed by atoms with E-state index in [4.69, 9.17) is 0 Å². The van der Waals surface area contributed by atoms with Crippen LogP contribution in [-0.4, -0.2) is 42.4 Å². The second-order valence-corrected chi connectivity index (χ2v) is 8.75. The van der Waals surface area contributed by atoms with Gasteiger partial charge < -0.3 is 4.90 Å². The Morgan fingerprint density at radius 1 is 1.29 bits per heavy atom. The highest BCUT2D eigenvalue weighted by Gasteiger charge is 2.17. The zero-order valence-corrected chi connectivity index (χ0v) is 17.5. The van der Waals surface area contributed by atoms with Gasteiger partial charge in [0.15, 0.2) is 10.1 Å². The summed E-state index contributed by atoms with van der Waals surface area (Å²) in [6.07, 6.45) is 3.57. The van der Waals surface area contributed by atoms with E-state index >= 15 is 0 Å². The minimum absolute atomic E-state index is 0.00395. The van der Waals surface area contributed by atoms with Gasteiger partial charge in [0, 0.05) is 29.4 Å². The minimum Gasteiger partial charge on any atom is -0.336 e. The first-order valence-electron chi connectivity index (χ1n) is 8.78. The number of H-pyrrole nitrogens is 1. The summed E-state index contributed by atoms with van der Waals surface area (Å²) in [7, 11) is 1.83. The van der Waals surface area contributed by atoms with Crippen molar-refractivity contribution in [3.8, 4) is 0 Å². The topological polar surface area (TPSA) is 79.2 Å². The van der Waals surface area contributed by atoms with E-state index in [0.717, 1.165) is 32.8 Å². The fourth-order valence-electron chi connectivity index (χ4n) is 2.98. The van der Waals surface area contributed by atoms with Gasteiger partial charge in [-0.05, 0) is 31.5 Å². The van der Waals surface area contributed by atoms with Gasteiger partial charge in [-0.25, -0.2) is 9.97 Å². The second-order valence-electron chi connectivity index (χ2n) is 6.58. The molecule has 0 fully saturated rings. The molecule has 3 heterocycles. The van der Waals surface area contributed by atoms with Crippen LogP contribution in [0.1, 0.15) is 32.2 Å². The molecule has 4 rings (SSSR count). The Morgan fingerprint density at radius 3 is 2.79 bits per heavy atom. The third kappa shape index (κ3) is 3.81. The van der Waals surface area contributed by atoms with Crippen molar-refractivity contribution in [2.45, 2.75) is 31.3 Å². The molecule has 0 saturated carbocycles. The molecule has 0 saturated heterocycles. The predicted molar refractivity (Wildman–Crippen MR) is 111 cm³/mol. The van der Waals surface area contributed by atoms with Gasteiger partial charge in [-0.3, -0.25) is 14.3 Å². The highest BCUT2D eigenvalue weighted by molar-refractivity contribution is 7.98. The molecule has 1 amide bonds. The number of hydrogen-bond donors (Lipinski definition) is 1. The number of aryl methyl sites for hydroxylation is 2. The van der Waals surface area contributed by atoms with Crippen LogP contribution in [0.3, 0.4) is 0 Å². The molecule has 0 unspecified atom stereocenters. The molecular formula is C19H20N6OS2. The largest absolute Gasteiger partial charge is 0.336 e. The lowest BCUT2D eigenvalue weighted by atomic mass is 10.1. The maximum Gasteiger partial charge on any atom is 0.253 e. The Labute approximate surface area is 170 Å². The van der Waals surface area contributed by atoms with E-state index in [1.54, 1.807) is 28.0 Å². The Balaban J connectivity index is 1.43. The molecule has 0 bridgehead atoms. The number of imidazole rings is 1. The van der Waals surface area contributed by atoms with Crippen molar-refractivity contribution in [2.24, 2.45) is 0 Å². The van der Waals surface area contributed by atoms with Gasteiger partial charge in [0.2, 0.25) is 0 Å². The van der Waals surface area contributed by atoms with Crippen LogP contribution in [0.4, 0.5) is 0 Å². The molecule has 0 aliphatic rings. The molecule has 0 aliphatic heterocycles. The van der Waals surface area contributed by atoms with E-state index in [1.165, 1.54) is 11.2 Å². The molecule has 0 aliphatic carbocycles. The van der Waals surface area contributed by atoms with Gasteiger partial charge in [0.05, 0.1) is 17.9 Å². The number of thiazole rings is 1. The van der Waals surface area contributed by atoms with E-state index < -0.39 is 0 Å². The number of benzene rings is 1. The van der Waals surface area contributed by atoms with Gasteiger partial charge in [-0.1, -0.05) is 23.9 Å². The Morgan fingerprint density at radius 2 is 2.07 bits per heavy atom. The van der Waals surface area contributed by atoms with Crippen molar-refractivity contribution >= 4 is 34.0 Å². The van der Waals surface area contributed by atoms with Gasteiger partial charge >= 0.3 is 0 Å². The number of thioether (sulfide) groups is 1. The number of carbonyl (C=O) groups is 1. The standard InChI is InChI=1S/C19H20N6OS2/c1-12-8-25-16(13(2)22-19(25)28-12)9-24(3)17(26)15-6-4-14(5-7-15)10-27-18-20-11-21-23-18/h4-8,11H,9-10H2,1-3H3,(H,20,21,23). The van der Waals surface area contributed by atoms with Crippen molar-refractivity contribution in [3.63, 3.8) is 0 Å². The molecular weight excluding hydrogens is 392 g/mol. The van der Waals surface area contributed by atoms with Gasteiger partial charge in [0.1, 0.15) is 6.33 Å². The predicted octanol–water partition coefficient (Wildman–Crippen LogP) is 3.70. The summed E-state index contributed by atoms with van der Waals surface area (Å²) in [5.74, 6) is 0.764. The van der Waals surface area contributed by atoms with Crippen molar-refractivity contribution < 1.29 is 4.79 Å². The Kier molecular flexibility index (Phi) is 5.19. The monoisotopic (exact) mass is 412 g/mol. The van der Waals surface area contributed by atoms with Crippen molar-refractivity contribution in [1.29, 1.82) is 0 Å². The van der Waals surface area contributed by atoms with Crippen LogP contribution in [-0.2, 0) is 12.3 Å². The summed E-state index contributed by atoms with van der Waals surface area (Å²) in [6, 6.07) is 7.72. The molecule has 3 aromatic heterocycles. The molecule has 4 aromatic rings. The quantitative estimate of drug-likeness (QED) is 0.489. The van der Waals surface area contributed by atoms with Gasteiger partial charge in [0.25, 0.3) is 5.91 Å². The summed E-state index contributed by atoms with van der Waals surface area (Å²) in [5.41, 5.74) is 3.82. The van der Waals surface area contributed by atoms with Crippen LogP contribution in [0.5, 0.6) is 0 Å². The van der Waals surface area contributed by atoms with Crippen molar-refractivity contribution in [3.05, 3.63) is 64.2 Å². The summed E-state index contributed by atoms with van der Waals surface area (Å²) < 4.78 is 2.09. The summed E-state index contributed by atoms with van der Waals surface area (Å²) in [4.78, 5) is 25.5. The average Bonchev–Trinajstić information content (AvgIpc) is 3.39. The van der Waals surface area contributed by atoms with Gasteiger partial charge in [-0.2, -0.15) is 5.10 Å². The van der Waals surface area contributed by atoms with Crippen LogP contribution < -0.4 is 0 Å². The van der Waals surface area contributed by atoms with Crippen LogP contribution >= 0.6 is 23.1 Å². The molecule has 28 heavy (non-hydrogen) atoms. The summed E-state index contributed by atoms with van der Waals surface area (Å²) in [5, 5.41) is 7.44. The third-order valence-electron chi connectivity index (χ3n) is 4.44. The van der Waals surface area contributed by atoms with Crippen LogP contribution in [0, 0.1) is 13.8 Å². The minimum atomic E-state index is -0.00395. The van der Waals surface area contributed by atoms with Crippen molar-refractivity contribution in [1.82, 2.24) is 29.5 Å². The summed E-state index contributed by atoms with van der Waals surface area (Å²) in [6.45, 7) is 4.57. The lowest BCUT2D eigenvalue weighted by molar-refractivity contribution is 0.0783. The fourth-order valence-corrected chi connectivity index (χ4v) is 4.60. The SMILES string of the molecule is Cc1cn2c(CN(C)C(=O)c3ccc(CSc4ncn[nH]4)cc3)c(C)nc2s1. The first kappa shape index (κ1) is 18.7. The molecule has 144 valence electrons. The molecule has 0 atom stereocenters. The van der Waals surface area contributed by atoms with Crippen molar-refractivity contribution in [2.75, 3.05) is 7.05 Å². The first-order valence-corrected chi connectivity index (χ1v) is 10.6. The zero-order chi connectivity index (χ0) is 19.7. The third-order valence-corrected chi connectivity index (χ3v) is 6.29. The van der Waals surface area contributed by atoms with Crippen LogP contribution in [0.15, 0.2) is 41.9 Å². The smallest absolute Gasteiger partial charge is 0.253 e. The Hall–Kier alpha value is -2.65. The van der Waals surface area contributed by atoms with Crippen LogP contribution in [0.25, 0.3) is 4.96 Å². The maximum atomic E-state index is 12.8. The van der Waals surface area contributed by atoms with E-state index in [-0.39, 0.29) is 5.91 Å². The maximum absolute atomic E-state index is 12.8. The average molecular weight is 413 g/mol. The number of nitrogens with one attached hydrogen (secondary N) is 1. The number of fused-ring (bicyclic) bond motifs is 1. The van der Waals surface area contributed by atoms with Crippen LogP contribution in [0.2, 0.25) is 0 Å². The lowest BCUT2D eigenvalue weighted by Gasteiger charge is -2.17. The number of nitrogens with zero attached hydrogens (tertiary/aromatic N) is 5. The number of rotatable bonds is 6. The molecule has 0 radical (unpaired) electrons. The van der Waals surface area contributed by atoms with E-state index in [1.807, 2.05) is 38.2 Å². The molecule has 9 heteroatoms. The summed E-state index contributed by atoms with van der Waals surface area (Å²) >= 11 is 3.23. The molecule has 1 N–H and O–H groups in total. The van der Waals surface area contributed by atoms with E-state index in [9.17, 15) is 4.79 Å². The normalized spacial score (nSPS) is 11.2. The fraction of sp³-hybridized carbons (Fsp3) is 0.263. The van der Waals surface area contributed by atoms with Gasteiger partial charge in [-0.15, -0.1) is 11.3 Å². The van der Waals surface area contributed by atoms with E-state index in [0.29, 0.717) is 12.1 Å². The number of aromatic amines is 1. The lowest BCUT2D eigenvalue weighted by Crippen LogP contribution is -2.27. The highest BCUT2D eigenvalue weighted by Crippen LogP contribution is 2.22. The zero-order valence-electron chi connectivity index (χ0n) is 15.8. The number of carbonyl (C=O) groups excluding carboxylic acids is 1. The highest BCUT2D eigenvalue weighted by atomic mass is 32.2. The second kappa shape index (κ2) is 7.76. The molecule has 1 aromatic carbocycles. The Bertz CT molecular complexity index is 1100. The first-order chi connectivity index (χ1) is 13.5.